The van der Waals surface area contributed by atoms with Gasteiger partial charge in [-0.3, -0.25) is 39.5 Å². The van der Waals surface area contributed by atoms with Crippen LogP contribution in [-0.2, 0) is 17.9 Å². The number of nitrogens with zero attached hydrogens (tertiary/aromatic N) is 7. The average molecular weight is 796 g/mol. The molecule has 3 aromatic heterocycles. The molecule has 0 saturated carbocycles. The van der Waals surface area contributed by atoms with Crippen LogP contribution in [0.3, 0.4) is 0 Å². The van der Waals surface area contributed by atoms with Crippen LogP contribution in [0.2, 0.25) is 0 Å². The van der Waals surface area contributed by atoms with Gasteiger partial charge in [0.05, 0.1) is 29.4 Å². The number of nitrogens with one attached hydrogen (secondary N) is 3. The number of ether oxygens (including phenoxy) is 2. The Bertz CT molecular complexity index is 2450. The molecule has 5 aromatic rings. The summed E-state index contributed by atoms with van der Waals surface area (Å²) in [6.45, 7) is 9.55. The van der Waals surface area contributed by atoms with Gasteiger partial charge in [0.15, 0.2) is 0 Å². The second kappa shape index (κ2) is 17.6. The minimum absolute atomic E-state index is 0.121. The van der Waals surface area contributed by atoms with Crippen molar-refractivity contribution in [2.75, 3.05) is 44.0 Å². The highest BCUT2D eigenvalue weighted by molar-refractivity contribution is 6.47. The molecule has 0 saturated heterocycles. The number of nitrogens with two attached hydrogens (primary N) is 3. The summed E-state index contributed by atoms with van der Waals surface area (Å²) < 4.78 is 17.8. The lowest BCUT2D eigenvalue weighted by atomic mass is 10.1. The summed E-state index contributed by atoms with van der Waals surface area (Å²) in [5.74, 6) is -0.984. The molecule has 306 valence electrons. The molecule has 1 aliphatic heterocycles. The van der Waals surface area contributed by atoms with Gasteiger partial charge in [0.1, 0.15) is 40.5 Å². The number of amides is 4. The first-order valence-electron chi connectivity index (χ1n) is 19.1. The smallest absolute Gasteiger partial charge is 0.276 e. The third kappa shape index (κ3) is 8.63. The Morgan fingerprint density at radius 1 is 0.966 bits per heavy atom. The highest BCUT2D eigenvalue weighted by Crippen LogP contribution is 2.39. The van der Waals surface area contributed by atoms with Crippen molar-refractivity contribution in [3.8, 4) is 11.5 Å². The molecule has 0 unspecified atom stereocenters. The quantitative estimate of drug-likeness (QED) is 0.0554. The number of rotatable bonds is 18. The van der Waals surface area contributed by atoms with Crippen molar-refractivity contribution in [3.63, 3.8) is 0 Å². The number of carbonyl (C=O) groups excluding carboxylic acids is 4. The average Bonchev–Trinajstić information content (AvgIpc) is 3.86. The van der Waals surface area contributed by atoms with Gasteiger partial charge in [-0.25, -0.2) is 9.97 Å². The van der Waals surface area contributed by atoms with Crippen LogP contribution in [0.5, 0.6) is 11.5 Å². The molecule has 0 radical (unpaired) electrons. The van der Waals surface area contributed by atoms with Gasteiger partial charge < -0.3 is 41.1 Å². The van der Waals surface area contributed by atoms with Crippen LogP contribution in [0.4, 0.5) is 11.9 Å². The van der Waals surface area contributed by atoms with E-state index in [2.05, 4.69) is 26.0 Å². The van der Waals surface area contributed by atoms with E-state index in [0.29, 0.717) is 103 Å². The van der Waals surface area contributed by atoms with Crippen molar-refractivity contribution in [3.05, 3.63) is 64.6 Å². The number of benzene rings is 2. The van der Waals surface area contributed by atoms with Crippen molar-refractivity contribution in [1.82, 2.24) is 34.2 Å². The van der Waals surface area contributed by atoms with E-state index in [1.54, 1.807) is 48.9 Å². The standard InChI is InChI=1S/C39H49N13O6/c1-6-44-28(14-21(3)40)36(55)47-38-45-26-16-23(34(41)53)18-30(57-13-9-11-43-5)32(26)50(38)12-8-10-25-20-58-31-19-24(35(42)54)17-27-33(31)52(25)39(46-27)48-37(56)29-15-22(4)49-51(29)7-2/h14-19,25,43H,6-13,20,40H2,1-5H3,(H2,41,53)(H2,42,54)(H,45,47,55)(H,46,48,56)/t25-/m0/s1. The third-order valence-electron chi connectivity index (χ3n) is 9.48. The molecule has 19 nitrogen and oxygen atoms in total. The van der Waals surface area contributed by atoms with Gasteiger partial charge in [-0.1, -0.05) is 0 Å². The zero-order valence-electron chi connectivity index (χ0n) is 33.2. The van der Waals surface area contributed by atoms with Crippen molar-refractivity contribution >= 4 is 63.3 Å². The van der Waals surface area contributed by atoms with Crippen LogP contribution in [0.25, 0.3) is 22.1 Å². The topological polar surface area (TPSA) is 267 Å². The minimum atomic E-state index is -0.660. The predicted octanol–water partition coefficient (Wildman–Crippen LogP) is 3.03. The number of anilines is 2. The van der Waals surface area contributed by atoms with E-state index in [4.69, 9.17) is 36.6 Å². The number of aromatic nitrogens is 6. The maximum Gasteiger partial charge on any atom is 0.276 e. The minimum Gasteiger partial charge on any atom is -0.491 e. The fourth-order valence-corrected chi connectivity index (χ4v) is 6.94. The molecule has 4 heterocycles. The van der Waals surface area contributed by atoms with Crippen molar-refractivity contribution < 1.29 is 28.7 Å². The predicted molar refractivity (Wildman–Crippen MR) is 219 cm³/mol. The van der Waals surface area contributed by atoms with E-state index in [9.17, 15) is 19.2 Å². The van der Waals surface area contributed by atoms with E-state index in [1.807, 2.05) is 30.0 Å². The Morgan fingerprint density at radius 3 is 2.34 bits per heavy atom. The molecular formula is C39H49N13O6. The molecule has 1 aliphatic rings. The van der Waals surface area contributed by atoms with Gasteiger partial charge in [-0.05, 0) is 97.0 Å². The molecule has 0 fully saturated rings. The summed E-state index contributed by atoms with van der Waals surface area (Å²) in [5, 5.41) is 13.4. The first-order chi connectivity index (χ1) is 27.8. The Balaban J connectivity index is 1.38. The second-order valence-electron chi connectivity index (χ2n) is 13.9. The summed E-state index contributed by atoms with van der Waals surface area (Å²) >= 11 is 0. The number of fused-ring (bicyclic) bond motifs is 1. The molecule has 19 heteroatoms. The number of hydrogen-bond donors (Lipinski definition) is 6. The lowest BCUT2D eigenvalue weighted by Crippen LogP contribution is -2.27. The highest BCUT2D eigenvalue weighted by Gasteiger charge is 2.30. The normalized spacial score (nSPS) is 14.1. The van der Waals surface area contributed by atoms with Crippen molar-refractivity contribution in [2.24, 2.45) is 22.2 Å². The fourth-order valence-electron chi connectivity index (χ4n) is 6.94. The number of aryl methyl sites for hydroxylation is 3. The number of primary amides is 2. The zero-order chi connectivity index (χ0) is 41.7. The largest absolute Gasteiger partial charge is 0.491 e. The second-order valence-corrected chi connectivity index (χ2v) is 13.9. The van der Waals surface area contributed by atoms with Gasteiger partial charge in [-0.2, -0.15) is 5.10 Å². The lowest BCUT2D eigenvalue weighted by Gasteiger charge is -2.27. The Kier molecular flexibility index (Phi) is 12.4. The van der Waals surface area contributed by atoms with E-state index >= 15 is 0 Å². The molecule has 58 heavy (non-hydrogen) atoms. The van der Waals surface area contributed by atoms with E-state index < -0.39 is 23.6 Å². The maximum absolute atomic E-state index is 13.7. The Labute approximate surface area is 334 Å². The van der Waals surface area contributed by atoms with Gasteiger partial charge in [0.2, 0.25) is 23.7 Å². The molecule has 4 amide bonds. The van der Waals surface area contributed by atoms with Crippen LogP contribution < -0.4 is 42.6 Å². The summed E-state index contributed by atoms with van der Waals surface area (Å²) in [6.07, 6.45) is 3.17. The summed E-state index contributed by atoms with van der Waals surface area (Å²) in [5.41, 5.74) is 21.2. The van der Waals surface area contributed by atoms with E-state index in [1.165, 1.54) is 6.08 Å². The summed E-state index contributed by atoms with van der Waals surface area (Å²) in [6, 6.07) is 7.65. The monoisotopic (exact) mass is 795 g/mol. The van der Waals surface area contributed by atoms with E-state index in [0.717, 1.165) is 0 Å². The molecule has 0 bridgehead atoms. The van der Waals surface area contributed by atoms with Crippen molar-refractivity contribution in [1.29, 1.82) is 0 Å². The van der Waals surface area contributed by atoms with Gasteiger partial charge >= 0.3 is 0 Å². The zero-order valence-corrected chi connectivity index (χ0v) is 33.2. The maximum atomic E-state index is 13.7. The van der Waals surface area contributed by atoms with Crippen LogP contribution in [0.1, 0.15) is 83.0 Å². The number of imidazole rings is 2. The van der Waals surface area contributed by atoms with Crippen LogP contribution >= 0.6 is 0 Å². The first-order valence-corrected chi connectivity index (χ1v) is 19.1. The molecule has 0 aliphatic carbocycles. The lowest BCUT2D eigenvalue weighted by molar-refractivity contribution is -0.110. The molecule has 1 atom stereocenters. The van der Waals surface area contributed by atoms with E-state index in [-0.39, 0.29) is 41.4 Å². The van der Waals surface area contributed by atoms with Crippen molar-refractivity contribution in [2.45, 2.75) is 66.1 Å². The number of aliphatic imine (C=N–C) groups is 1. The Morgan fingerprint density at radius 2 is 1.67 bits per heavy atom. The fraction of sp³-hybridized carbons (Fsp3) is 0.385. The molecule has 2 aromatic carbocycles. The summed E-state index contributed by atoms with van der Waals surface area (Å²) in [7, 11) is 1.84. The van der Waals surface area contributed by atoms with Gasteiger partial charge in [0, 0.05) is 36.5 Å². The first kappa shape index (κ1) is 40.9. The van der Waals surface area contributed by atoms with Crippen LogP contribution in [-0.4, -0.2) is 91.6 Å². The number of hydrogen-bond acceptors (Lipinski definition) is 12. The van der Waals surface area contributed by atoms with Gasteiger partial charge in [-0.15, -0.1) is 0 Å². The number of carbonyl (C=O) groups is 4. The SMILES string of the molecule is CCN=C(C=C(C)N)C(=O)Nc1nc2cc(C(N)=O)cc(OCCCNC)c2n1CCC[C@H]1COc2cc(C(N)=O)cc3nc(NC(=O)c4cc(C)nn4CC)n1c23. The highest BCUT2D eigenvalue weighted by atomic mass is 16.5. The molecular weight excluding hydrogens is 747 g/mol. The number of allylic oxidation sites excluding steroid dienone is 1. The third-order valence-corrected chi connectivity index (χ3v) is 9.48. The summed E-state index contributed by atoms with van der Waals surface area (Å²) in [4.78, 5) is 65.7. The molecule has 0 spiro atoms. The molecule has 6 rings (SSSR count). The Hall–Kier alpha value is -6.76. The van der Waals surface area contributed by atoms with Gasteiger partial charge in [0.25, 0.3) is 11.8 Å². The van der Waals surface area contributed by atoms with Crippen LogP contribution in [0, 0.1) is 6.92 Å². The van der Waals surface area contributed by atoms with Crippen LogP contribution in [0.15, 0.2) is 47.1 Å². The molecule has 9 N–H and O–H groups in total.